The van der Waals surface area contributed by atoms with Gasteiger partial charge in [0.1, 0.15) is 24.4 Å². The molecule has 6 nitrogen and oxygen atoms in total. The Hall–Kier alpha value is 0.194. The summed E-state index contributed by atoms with van der Waals surface area (Å²) >= 11 is 0. The predicted octanol–water partition coefficient (Wildman–Crippen LogP) is 2.46. The van der Waals surface area contributed by atoms with Gasteiger partial charge >= 0.3 is 0 Å². The zero-order valence-corrected chi connectivity index (χ0v) is 18.0. The normalized spacial score (nSPS) is 33.0. The van der Waals surface area contributed by atoms with Gasteiger partial charge in [-0.15, -0.1) is 0 Å². The van der Waals surface area contributed by atoms with Gasteiger partial charge in [0.25, 0.3) is 0 Å². The Morgan fingerprint density at radius 2 is 1.26 bits per heavy atom. The van der Waals surface area contributed by atoms with Crippen LogP contribution in [0, 0.1) is 0 Å². The lowest BCUT2D eigenvalue weighted by atomic mass is 9.99. The molecule has 0 aromatic rings. The van der Waals surface area contributed by atoms with Crippen LogP contribution >= 0.6 is 0 Å². The summed E-state index contributed by atoms with van der Waals surface area (Å²) in [6, 6.07) is 0. The highest BCUT2D eigenvalue weighted by Crippen LogP contribution is 2.32. The van der Waals surface area contributed by atoms with Crippen LogP contribution in [0.15, 0.2) is 0 Å². The molecule has 0 aromatic heterocycles. The van der Waals surface area contributed by atoms with Crippen molar-refractivity contribution in [3.8, 4) is 0 Å². The van der Waals surface area contributed by atoms with Crippen molar-refractivity contribution in [2.24, 2.45) is 0 Å². The Bertz CT molecular complexity index is 355. The van der Waals surface area contributed by atoms with Crippen LogP contribution < -0.4 is 0 Å². The van der Waals surface area contributed by atoms with Gasteiger partial charge in [0.15, 0.2) is 22.9 Å². The van der Waals surface area contributed by atoms with E-state index in [0.29, 0.717) is 6.61 Å². The summed E-state index contributed by atoms with van der Waals surface area (Å²) < 4.78 is 35.4. The highest BCUT2D eigenvalue weighted by molar-refractivity contribution is 6.70. The molecule has 0 unspecified atom stereocenters. The largest absolute Gasteiger partial charge is 0.409 e. The number of rotatable bonds is 8. The number of hydrogen-bond acceptors (Lipinski definition) is 6. The highest BCUT2D eigenvalue weighted by atomic mass is 28.4. The molecule has 0 radical (unpaired) electrons. The van der Waals surface area contributed by atoms with Crippen LogP contribution in [-0.4, -0.2) is 75.3 Å². The lowest BCUT2D eigenvalue weighted by molar-refractivity contribution is -0.292. The zero-order valence-electron chi connectivity index (χ0n) is 16.0. The molecule has 0 bridgehead atoms. The molecule has 23 heavy (non-hydrogen) atoms. The fourth-order valence-electron chi connectivity index (χ4n) is 2.73. The first kappa shape index (κ1) is 21.2. The second-order valence-corrected chi connectivity index (χ2v) is 16.7. The number of methoxy groups -OCH3 is 3. The summed E-state index contributed by atoms with van der Waals surface area (Å²) in [4.78, 5) is 0. The van der Waals surface area contributed by atoms with E-state index in [1.54, 1.807) is 21.3 Å². The minimum absolute atomic E-state index is 0.239. The number of hydrogen-bond donors (Lipinski definition) is 0. The topological polar surface area (TPSA) is 55.4 Å². The van der Waals surface area contributed by atoms with E-state index >= 15 is 0 Å². The first-order valence-electron chi connectivity index (χ1n) is 8.08. The van der Waals surface area contributed by atoms with Crippen molar-refractivity contribution in [1.82, 2.24) is 0 Å². The molecule has 1 saturated heterocycles. The molecule has 0 amide bonds. The Kier molecular flexibility index (Phi) is 7.87. The molecular weight excluding hydrogens is 332 g/mol. The van der Waals surface area contributed by atoms with E-state index in [2.05, 4.69) is 39.3 Å². The van der Waals surface area contributed by atoms with Crippen molar-refractivity contribution in [3.63, 3.8) is 0 Å². The summed E-state index contributed by atoms with van der Waals surface area (Å²) in [7, 11) is 1.33. The molecule has 0 saturated carbocycles. The molecule has 138 valence electrons. The molecule has 1 aliphatic heterocycles. The first-order valence-corrected chi connectivity index (χ1v) is 14.9. The van der Waals surface area contributed by atoms with E-state index in [4.69, 9.17) is 27.8 Å². The Morgan fingerprint density at radius 3 is 1.65 bits per heavy atom. The van der Waals surface area contributed by atoms with E-state index in [1.165, 1.54) is 0 Å². The monoisotopic (exact) mass is 366 g/mol. The summed E-state index contributed by atoms with van der Waals surface area (Å²) in [5.41, 5.74) is 0. The van der Waals surface area contributed by atoms with Gasteiger partial charge in [0.2, 0.25) is 0 Å². The maximum atomic E-state index is 6.44. The quantitative estimate of drug-likeness (QED) is 0.615. The predicted molar refractivity (Wildman–Crippen MR) is 94.8 cm³/mol. The van der Waals surface area contributed by atoms with Gasteiger partial charge in [-0.2, -0.15) is 0 Å². The molecule has 8 heteroatoms. The van der Waals surface area contributed by atoms with Crippen LogP contribution in [0.1, 0.15) is 0 Å². The smallest absolute Gasteiger partial charge is 0.185 e. The van der Waals surface area contributed by atoms with Gasteiger partial charge in [0, 0.05) is 21.3 Å². The lowest BCUT2D eigenvalue weighted by Crippen LogP contribution is -2.64. The van der Waals surface area contributed by atoms with E-state index in [0.717, 1.165) is 0 Å². The average molecular weight is 367 g/mol. The second kappa shape index (κ2) is 8.53. The standard InChI is InChI=1S/C15H34O6Si2/c1-16-10-11-12(17-2)13(20-22(4,5)6)14(15(18-3)19-11)21-23(7,8)9/h11-15H,10H2,1-9H3/t11-,12-,13+,14-,15+/m1/s1. The number of ether oxygens (including phenoxy) is 4. The minimum atomic E-state index is -1.81. The van der Waals surface area contributed by atoms with Crippen LogP contribution in [0.5, 0.6) is 0 Å². The third-order valence-corrected chi connectivity index (χ3v) is 5.36. The van der Waals surface area contributed by atoms with E-state index in [9.17, 15) is 0 Å². The van der Waals surface area contributed by atoms with Crippen LogP contribution in [0.4, 0.5) is 0 Å². The Balaban J connectivity index is 3.13. The first-order chi connectivity index (χ1) is 10.5. The summed E-state index contributed by atoms with van der Waals surface area (Å²) in [5.74, 6) is 0. The Labute approximate surface area is 143 Å². The fraction of sp³-hybridized carbons (Fsp3) is 1.00. The molecule has 1 aliphatic rings. The van der Waals surface area contributed by atoms with Crippen molar-refractivity contribution in [2.75, 3.05) is 27.9 Å². The molecule has 0 aliphatic carbocycles. The Morgan fingerprint density at radius 1 is 0.739 bits per heavy atom. The van der Waals surface area contributed by atoms with Gasteiger partial charge in [-0.25, -0.2) is 0 Å². The van der Waals surface area contributed by atoms with Gasteiger partial charge in [0.05, 0.1) is 6.61 Å². The molecule has 5 atom stereocenters. The van der Waals surface area contributed by atoms with Gasteiger partial charge in [-0.3, -0.25) is 0 Å². The van der Waals surface area contributed by atoms with Crippen LogP contribution in [0.2, 0.25) is 39.3 Å². The lowest BCUT2D eigenvalue weighted by Gasteiger charge is -2.48. The van der Waals surface area contributed by atoms with Crippen LogP contribution in [0.3, 0.4) is 0 Å². The van der Waals surface area contributed by atoms with Crippen LogP contribution in [-0.2, 0) is 27.8 Å². The molecule has 1 rings (SSSR count). The van der Waals surface area contributed by atoms with Gasteiger partial charge in [-0.1, -0.05) is 0 Å². The molecule has 0 N–H and O–H groups in total. The summed E-state index contributed by atoms with van der Waals surface area (Å²) in [5, 5.41) is 0. The maximum absolute atomic E-state index is 6.44. The molecule has 0 spiro atoms. The average Bonchev–Trinajstić information content (AvgIpc) is 2.38. The van der Waals surface area contributed by atoms with E-state index in [1.807, 2.05) is 0 Å². The summed E-state index contributed by atoms with van der Waals surface area (Å²) in [6.45, 7) is 13.3. The van der Waals surface area contributed by atoms with Crippen molar-refractivity contribution >= 4 is 16.6 Å². The minimum Gasteiger partial charge on any atom is -0.409 e. The molecule has 1 heterocycles. The summed E-state index contributed by atoms with van der Waals surface area (Å²) in [6.07, 6.45) is -1.55. The van der Waals surface area contributed by atoms with Crippen molar-refractivity contribution in [2.45, 2.75) is 70.0 Å². The van der Waals surface area contributed by atoms with Crippen molar-refractivity contribution in [3.05, 3.63) is 0 Å². The van der Waals surface area contributed by atoms with E-state index < -0.39 is 22.9 Å². The third kappa shape index (κ3) is 6.54. The molecule has 1 fully saturated rings. The molecular formula is C15H34O6Si2. The highest BCUT2D eigenvalue weighted by Gasteiger charge is 2.50. The second-order valence-electron chi connectivity index (χ2n) is 7.82. The van der Waals surface area contributed by atoms with Crippen LogP contribution in [0.25, 0.3) is 0 Å². The molecule has 0 aromatic carbocycles. The van der Waals surface area contributed by atoms with Crippen molar-refractivity contribution < 1.29 is 27.8 Å². The van der Waals surface area contributed by atoms with E-state index in [-0.39, 0.29) is 24.4 Å². The zero-order chi connectivity index (χ0) is 17.8. The van der Waals surface area contributed by atoms with Gasteiger partial charge < -0.3 is 27.8 Å². The van der Waals surface area contributed by atoms with Gasteiger partial charge in [-0.05, 0) is 39.3 Å². The maximum Gasteiger partial charge on any atom is 0.185 e. The van der Waals surface area contributed by atoms with Crippen molar-refractivity contribution in [1.29, 1.82) is 0 Å². The SMILES string of the molecule is COC[C@H]1O[C@H](OC)[C@H](O[Si](C)(C)C)[C@@H](O[Si](C)(C)C)[C@@H]1OC. The fourth-order valence-corrected chi connectivity index (χ4v) is 4.87. The third-order valence-electron chi connectivity index (χ3n) is 3.41.